The third-order valence-corrected chi connectivity index (χ3v) is 2.62. The molecule has 1 aliphatic heterocycles. The minimum absolute atomic E-state index is 0.332. The summed E-state index contributed by atoms with van der Waals surface area (Å²) in [5, 5.41) is 5.42. The van der Waals surface area contributed by atoms with Crippen molar-refractivity contribution in [3.05, 3.63) is 11.0 Å². The fourth-order valence-electron chi connectivity index (χ4n) is 0.859. The van der Waals surface area contributed by atoms with E-state index >= 15 is 0 Å². The van der Waals surface area contributed by atoms with Gasteiger partial charge in [0.2, 0.25) is 0 Å². The van der Waals surface area contributed by atoms with Crippen molar-refractivity contribution >= 4 is 23.4 Å². The molecule has 0 N–H and O–H groups in total. The minimum atomic E-state index is -0.332. The highest BCUT2D eigenvalue weighted by Gasteiger charge is 2.21. The van der Waals surface area contributed by atoms with E-state index in [0.717, 1.165) is 5.75 Å². The number of carbonyl (C=O) groups is 1. The van der Waals surface area contributed by atoms with Crippen LogP contribution in [0.25, 0.3) is 0 Å². The second kappa shape index (κ2) is 5.07. The van der Waals surface area contributed by atoms with Crippen LogP contribution in [0.3, 0.4) is 0 Å². The van der Waals surface area contributed by atoms with Crippen molar-refractivity contribution < 1.29 is 9.63 Å². The summed E-state index contributed by atoms with van der Waals surface area (Å²) in [5.74, 6) is 0.710. The summed E-state index contributed by atoms with van der Waals surface area (Å²) in [6, 6.07) is 0. The smallest absolute Gasteiger partial charge is 0.312 e. The number of carbonyl (C=O) groups excluding carboxylic acids is 1. The molecule has 0 unspecified atom stereocenters. The fourth-order valence-corrected chi connectivity index (χ4v) is 1.87. The molecule has 4 heteroatoms. The summed E-state index contributed by atoms with van der Waals surface area (Å²) >= 11 is 1.64. The van der Waals surface area contributed by atoms with Crippen LogP contribution in [0.2, 0.25) is 0 Å². The van der Waals surface area contributed by atoms with E-state index < -0.39 is 0 Å². The van der Waals surface area contributed by atoms with Crippen LogP contribution in [0, 0.1) is 0 Å². The van der Waals surface area contributed by atoms with Gasteiger partial charge < -0.3 is 4.84 Å². The van der Waals surface area contributed by atoms with Crippen LogP contribution in [0.4, 0.5) is 0 Å². The number of unbranched alkanes of at least 4 members (excludes halogenated alkanes) is 1. The van der Waals surface area contributed by atoms with E-state index in [1.807, 2.05) is 5.41 Å². The first-order valence-electron chi connectivity index (χ1n) is 4.33. The van der Waals surface area contributed by atoms with Crippen molar-refractivity contribution in [2.45, 2.75) is 26.7 Å². The highest BCUT2D eigenvalue weighted by molar-refractivity contribution is 8.02. The molecule has 0 bridgehead atoms. The second-order valence-corrected chi connectivity index (χ2v) is 3.79. The number of nitrogens with zero attached hydrogens (tertiary/aromatic N) is 1. The van der Waals surface area contributed by atoms with E-state index in [0.29, 0.717) is 11.3 Å². The van der Waals surface area contributed by atoms with E-state index in [1.165, 1.54) is 12.8 Å². The van der Waals surface area contributed by atoms with Crippen molar-refractivity contribution in [3.63, 3.8) is 0 Å². The first kappa shape index (κ1) is 10.3. The van der Waals surface area contributed by atoms with E-state index in [9.17, 15) is 4.79 Å². The summed E-state index contributed by atoms with van der Waals surface area (Å²) in [6.45, 7) is 3.92. The van der Waals surface area contributed by atoms with E-state index in [4.69, 9.17) is 0 Å². The molecule has 1 heterocycles. The van der Waals surface area contributed by atoms with Crippen molar-refractivity contribution in [1.82, 2.24) is 0 Å². The average molecular weight is 199 g/mol. The lowest BCUT2D eigenvalue weighted by Gasteiger charge is -1.94. The van der Waals surface area contributed by atoms with Gasteiger partial charge in [0.05, 0.1) is 11.3 Å². The maximum atomic E-state index is 11.0. The molecular weight excluding hydrogens is 186 g/mol. The Labute approximate surface area is 82.2 Å². The van der Waals surface area contributed by atoms with Crippen LogP contribution in [0.15, 0.2) is 16.1 Å². The molecule has 0 spiro atoms. The molecule has 1 aliphatic rings. The summed E-state index contributed by atoms with van der Waals surface area (Å²) in [7, 11) is 0. The quantitative estimate of drug-likeness (QED) is 0.396. The van der Waals surface area contributed by atoms with Gasteiger partial charge in [0.1, 0.15) is 0 Å². The normalized spacial score (nSPS) is 19.1. The molecule has 0 atom stereocenters. The Bertz CT molecular complexity index is 258. The SMILES string of the molecule is CCCCS/C=C1\C(=O)ON=C1C. The highest BCUT2D eigenvalue weighted by Crippen LogP contribution is 2.16. The standard InChI is InChI=1S/C9H13NO2S/c1-3-4-5-13-6-8-7(2)10-12-9(8)11/h6H,3-5H2,1-2H3/b8-6-. The number of hydrogen-bond acceptors (Lipinski definition) is 4. The number of hydrogen-bond donors (Lipinski definition) is 0. The molecule has 0 saturated heterocycles. The van der Waals surface area contributed by atoms with Crippen molar-refractivity contribution in [2.24, 2.45) is 5.16 Å². The van der Waals surface area contributed by atoms with E-state index in [2.05, 4.69) is 16.9 Å². The Morgan fingerprint density at radius 2 is 2.38 bits per heavy atom. The predicted octanol–water partition coefficient (Wildman–Crippen LogP) is 2.34. The Kier molecular flexibility index (Phi) is 4.02. The van der Waals surface area contributed by atoms with E-state index in [1.54, 1.807) is 18.7 Å². The molecule has 0 saturated carbocycles. The lowest BCUT2D eigenvalue weighted by molar-refractivity contribution is -0.136. The van der Waals surface area contributed by atoms with Crippen LogP contribution in [-0.4, -0.2) is 17.4 Å². The zero-order valence-corrected chi connectivity index (χ0v) is 8.69. The Morgan fingerprint density at radius 1 is 1.62 bits per heavy atom. The largest absolute Gasteiger partial charge is 0.368 e. The number of oxime groups is 1. The summed E-state index contributed by atoms with van der Waals surface area (Å²) in [5.41, 5.74) is 1.27. The first-order chi connectivity index (χ1) is 6.25. The van der Waals surface area contributed by atoms with Gasteiger partial charge in [-0.05, 0) is 24.5 Å². The van der Waals surface area contributed by atoms with Gasteiger partial charge in [-0.15, -0.1) is 11.8 Å². The highest BCUT2D eigenvalue weighted by atomic mass is 32.2. The molecule has 0 fully saturated rings. The molecule has 13 heavy (non-hydrogen) atoms. The second-order valence-electron chi connectivity index (χ2n) is 2.81. The van der Waals surface area contributed by atoms with Gasteiger partial charge in [-0.2, -0.15) is 0 Å². The summed E-state index contributed by atoms with van der Waals surface area (Å²) in [6.07, 6.45) is 2.34. The molecule has 0 radical (unpaired) electrons. The molecule has 72 valence electrons. The van der Waals surface area contributed by atoms with E-state index in [-0.39, 0.29) is 5.97 Å². The van der Waals surface area contributed by atoms with Crippen LogP contribution in [0.1, 0.15) is 26.7 Å². The molecule has 0 aromatic heterocycles. The molecule has 0 amide bonds. The Morgan fingerprint density at radius 3 is 2.92 bits per heavy atom. The Balaban J connectivity index is 2.41. The maximum absolute atomic E-state index is 11.0. The van der Waals surface area contributed by atoms with Gasteiger partial charge in [-0.25, -0.2) is 4.79 Å². The van der Waals surface area contributed by atoms with Crippen LogP contribution in [-0.2, 0) is 9.63 Å². The third kappa shape index (κ3) is 2.88. The molecule has 0 aliphatic carbocycles. The van der Waals surface area contributed by atoms with Gasteiger partial charge in [-0.3, -0.25) is 0 Å². The summed E-state index contributed by atoms with van der Waals surface area (Å²) in [4.78, 5) is 15.5. The molecule has 0 aromatic rings. The zero-order valence-electron chi connectivity index (χ0n) is 7.87. The van der Waals surface area contributed by atoms with Gasteiger partial charge in [0.25, 0.3) is 0 Å². The zero-order chi connectivity index (χ0) is 9.68. The van der Waals surface area contributed by atoms with Crippen LogP contribution >= 0.6 is 11.8 Å². The molecular formula is C9H13NO2S. The number of rotatable bonds is 4. The topological polar surface area (TPSA) is 38.7 Å². The minimum Gasteiger partial charge on any atom is -0.312 e. The van der Waals surface area contributed by atoms with Gasteiger partial charge in [-0.1, -0.05) is 18.5 Å². The fraction of sp³-hybridized carbons (Fsp3) is 0.556. The van der Waals surface area contributed by atoms with Crippen molar-refractivity contribution in [3.8, 4) is 0 Å². The van der Waals surface area contributed by atoms with Gasteiger partial charge in [0.15, 0.2) is 0 Å². The molecule has 0 aromatic carbocycles. The van der Waals surface area contributed by atoms with Gasteiger partial charge >= 0.3 is 5.97 Å². The van der Waals surface area contributed by atoms with Crippen molar-refractivity contribution in [2.75, 3.05) is 5.75 Å². The maximum Gasteiger partial charge on any atom is 0.368 e. The monoisotopic (exact) mass is 199 g/mol. The summed E-state index contributed by atoms with van der Waals surface area (Å²) < 4.78 is 0. The third-order valence-electron chi connectivity index (χ3n) is 1.69. The lowest BCUT2D eigenvalue weighted by atomic mass is 10.2. The molecule has 3 nitrogen and oxygen atoms in total. The Hall–Kier alpha value is -0.770. The first-order valence-corrected chi connectivity index (χ1v) is 5.38. The van der Waals surface area contributed by atoms with Gasteiger partial charge in [0, 0.05) is 0 Å². The average Bonchev–Trinajstić information content (AvgIpc) is 2.42. The predicted molar refractivity (Wildman–Crippen MR) is 54.7 cm³/mol. The molecule has 1 rings (SSSR count). The lowest BCUT2D eigenvalue weighted by Crippen LogP contribution is -2.01. The van der Waals surface area contributed by atoms with Crippen molar-refractivity contribution in [1.29, 1.82) is 0 Å². The van der Waals surface area contributed by atoms with Crippen LogP contribution in [0.5, 0.6) is 0 Å². The number of thioether (sulfide) groups is 1. The van der Waals surface area contributed by atoms with Crippen LogP contribution < -0.4 is 0 Å².